The third-order valence-corrected chi connectivity index (χ3v) is 4.83. The van der Waals surface area contributed by atoms with Gasteiger partial charge in [0.1, 0.15) is 5.75 Å². The van der Waals surface area contributed by atoms with Crippen molar-refractivity contribution >= 4 is 22.6 Å². The summed E-state index contributed by atoms with van der Waals surface area (Å²) in [4.78, 5) is 4.84. The van der Waals surface area contributed by atoms with Gasteiger partial charge in [0.05, 0.1) is 12.6 Å². The van der Waals surface area contributed by atoms with E-state index in [1.54, 1.807) is 0 Å². The lowest BCUT2D eigenvalue weighted by atomic mass is 10.1. The van der Waals surface area contributed by atoms with Crippen LogP contribution in [0.15, 0.2) is 29.3 Å². The number of anilines is 1. The number of nitrogens with one attached hydrogen (secondary N) is 1. The van der Waals surface area contributed by atoms with E-state index in [9.17, 15) is 0 Å². The molecule has 0 spiro atoms. The Morgan fingerprint density at radius 2 is 2.16 bits per heavy atom. The fraction of sp³-hybridized carbons (Fsp3) is 0.533. The Labute approximate surface area is 118 Å². The van der Waals surface area contributed by atoms with Crippen molar-refractivity contribution in [1.82, 2.24) is 0 Å². The molecule has 3 rings (SSSR count). The fourth-order valence-electron chi connectivity index (χ4n) is 2.75. The van der Waals surface area contributed by atoms with Crippen LogP contribution >= 0.6 is 11.8 Å². The normalized spacial score (nSPS) is 25.6. The van der Waals surface area contributed by atoms with Crippen molar-refractivity contribution in [1.29, 1.82) is 0 Å². The highest BCUT2D eigenvalue weighted by Crippen LogP contribution is 2.35. The summed E-state index contributed by atoms with van der Waals surface area (Å²) in [7, 11) is 0. The number of fused-ring (bicyclic) bond motifs is 1. The van der Waals surface area contributed by atoms with Crippen LogP contribution in [0.3, 0.4) is 0 Å². The first-order valence-electron chi connectivity index (χ1n) is 7.05. The average molecular weight is 276 g/mol. The van der Waals surface area contributed by atoms with E-state index in [0.29, 0.717) is 12.6 Å². The maximum Gasteiger partial charge on any atom is 0.161 e. The van der Waals surface area contributed by atoms with Gasteiger partial charge in [-0.15, -0.1) is 0 Å². The van der Waals surface area contributed by atoms with Crippen molar-refractivity contribution in [2.45, 2.75) is 32.2 Å². The van der Waals surface area contributed by atoms with Gasteiger partial charge in [-0.25, -0.2) is 0 Å². The molecule has 0 aromatic heterocycles. The number of rotatable bonds is 3. The van der Waals surface area contributed by atoms with Crippen molar-refractivity contribution in [3.63, 3.8) is 0 Å². The molecular weight excluding hydrogens is 256 g/mol. The smallest absolute Gasteiger partial charge is 0.161 e. The highest BCUT2D eigenvalue weighted by Gasteiger charge is 2.30. The van der Waals surface area contributed by atoms with Crippen molar-refractivity contribution < 1.29 is 4.74 Å². The summed E-state index contributed by atoms with van der Waals surface area (Å²) in [6, 6.07) is 8.66. The number of nitrogens with zero attached hydrogens (tertiary/aromatic N) is 1. The molecule has 1 saturated carbocycles. The molecule has 1 aliphatic heterocycles. The van der Waals surface area contributed by atoms with Gasteiger partial charge in [-0.1, -0.05) is 18.2 Å². The van der Waals surface area contributed by atoms with Crippen molar-refractivity contribution in [3.8, 4) is 5.75 Å². The zero-order valence-corrected chi connectivity index (χ0v) is 12.1. The van der Waals surface area contributed by atoms with Crippen LogP contribution in [0, 0.1) is 5.92 Å². The molecule has 3 nitrogen and oxygen atoms in total. The minimum Gasteiger partial charge on any atom is -0.494 e. The fourth-order valence-corrected chi connectivity index (χ4v) is 3.91. The number of benzene rings is 1. The van der Waals surface area contributed by atoms with Gasteiger partial charge in [0.15, 0.2) is 5.17 Å². The second-order valence-electron chi connectivity index (χ2n) is 5.09. The molecule has 2 aliphatic rings. The first-order valence-corrected chi connectivity index (χ1v) is 8.04. The molecule has 1 fully saturated rings. The summed E-state index contributed by atoms with van der Waals surface area (Å²) in [6.07, 6.45) is 3.97. The molecule has 0 amide bonds. The van der Waals surface area contributed by atoms with Crippen LogP contribution in [0.1, 0.15) is 26.2 Å². The summed E-state index contributed by atoms with van der Waals surface area (Å²) >= 11 is 1.86. The molecule has 1 aromatic rings. The predicted molar refractivity (Wildman–Crippen MR) is 82.3 cm³/mol. The van der Waals surface area contributed by atoms with Crippen molar-refractivity contribution in [3.05, 3.63) is 24.3 Å². The molecule has 4 heteroatoms. The van der Waals surface area contributed by atoms with Crippen molar-refractivity contribution in [2.75, 3.05) is 17.7 Å². The lowest BCUT2D eigenvalue weighted by Gasteiger charge is -2.23. The van der Waals surface area contributed by atoms with Gasteiger partial charge in [-0.2, -0.15) is 0 Å². The Hall–Kier alpha value is -1.16. The molecular formula is C15H20N2OS. The van der Waals surface area contributed by atoms with E-state index < -0.39 is 0 Å². The van der Waals surface area contributed by atoms with Crippen LogP contribution in [0.5, 0.6) is 5.75 Å². The minimum atomic E-state index is 0.562. The van der Waals surface area contributed by atoms with Crippen LogP contribution < -0.4 is 10.1 Å². The van der Waals surface area contributed by atoms with Gasteiger partial charge in [0.25, 0.3) is 0 Å². The van der Waals surface area contributed by atoms with Gasteiger partial charge >= 0.3 is 0 Å². The SMILES string of the molecule is CCOc1ccc(NC2=NC3CCCC3CS2)cc1. The number of hydrogen-bond acceptors (Lipinski definition) is 4. The number of ether oxygens (including phenoxy) is 1. The van der Waals surface area contributed by atoms with Gasteiger partial charge in [0, 0.05) is 11.4 Å². The van der Waals surface area contributed by atoms with Gasteiger partial charge in [-0.3, -0.25) is 4.99 Å². The van der Waals surface area contributed by atoms with E-state index in [-0.39, 0.29) is 0 Å². The molecule has 19 heavy (non-hydrogen) atoms. The van der Waals surface area contributed by atoms with E-state index in [1.807, 2.05) is 30.8 Å². The van der Waals surface area contributed by atoms with E-state index >= 15 is 0 Å². The zero-order valence-electron chi connectivity index (χ0n) is 11.3. The van der Waals surface area contributed by atoms with E-state index in [1.165, 1.54) is 25.0 Å². The Morgan fingerprint density at radius 3 is 2.95 bits per heavy atom. The molecule has 102 valence electrons. The average Bonchev–Trinajstić information content (AvgIpc) is 2.89. The highest BCUT2D eigenvalue weighted by molar-refractivity contribution is 8.14. The maximum atomic E-state index is 5.44. The standard InChI is InChI=1S/C15H20N2OS/c1-2-18-13-8-6-12(7-9-13)16-15-17-14-5-3-4-11(14)10-19-15/h6-9,11,14H,2-5,10H2,1H3,(H,16,17). The minimum absolute atomic E-state index is 0.562. The molecule has 1 heterocycles. The maximum absolute atomic E-state index is 5.44. The lowest BCUT2D eigenvalue weighted by Crippen LogP contribution is -2.25. The molecule has 2 unspecified atom stereocenters. The Morgan fingerprint density at radius 1 is 1.32 bits per heavy atom. The van der Waals surface area contributed by atoms with E-state index in [2.05, 4.69) is 17.4 Å². The molecule has 0 radical (unpaired) electrons. The van der Waals surface area contributed by atoms with Crippen LogP contribution in [0.4, 0.5) is 5.69 Å². The summed E-state index contributed by atoms with van der Waals surface area (Å²) < 4.78 is 5.44. The number of aliphatic imine (C=N–C) groups is 1. The molecule has 2 atom stereocenters. The second-order valence-corrected chi connectivity index (χ2v) is 6.09. The largest absolute Gasteiger partial charge is 0.494 e. The summed E-state index contributed by atoms with van der Waals surface area (Å²) in [6.45, 7) is 2.70. The molecule has 1 aliphatic carbocycles. The second kappa shape index (κ2) is 5.87. The van der Waals surface area contributed by atoms with Crippen molar-refractivity contribution in [2.24, 2.45) is 10.9 Å². The van der Waals surface area contributed by atoms with Crippen LogP contribution in [-0.2, 0) is 0 Å². The molecule has 1 aromatic carbocycles. The van der Waals surface area contributed by atoms with Gasteiger partial charge in [0.2, 0.25) is 0 Å². The van der Waals surface area contributed by atoms with Gasteiger partial charge < -0.3 is 10.1 Å². The quantitative estimate of drug-likeness (QED) is 0.912. The van der Waals surface area contributed by atoms with Gasteiger partial charge in [-0.05, 0) is 49.9 Å². The van der Waals surface area contributed by atoms with Crippen LogP contribution in [0.2, 0.25) is 0 Å². The molecule has 1 N–H and O–H groups in total. The first kappa shape index (κ1) is 12.9. The van der Waals surface area contributed by atoms with Crippen LogP contribution in [-0.4, -0.2) is 23.6 Å². The number of hydrogen-bond donors (Lipinski definition) is 1. The lowest BCUT2D eigenvalue weighted by molar-refractivity contribution is 0.340. The zero-order chi connectivity index (χ0) is 13.1. The highest BCUT2D eigenvalue weighted by atomic mass is 32.2. The summed E-state index contributed by atoms with van der Waals surface area (Å²) in [5.74, 6) is 2.95. The van der Waals surface area contributed by atoms with Crippen LogP contribution in [0.25, 0.3) is 0 Å². The molecule has 0 bridgehead atoms. The predicted octanol–water partition coefficient (Wildman–Crippen LogP) is 3.77. The van der Waals surface area contributed by atoms with E-state index in [0.717, 1.165) is 22.5 Å². The Balaban J connectivity index is 1.64. The Bertz CT molecular complexity index is 458. The third-order valence-electron chi connectivity index (χ3n) is 3.75. The summed E-state index contributed by atoms with van der Waals surface area (Å²) in [5.41, 5.74) is 1.09. The summed E-state index contributed by atoms with van der Waals surface area (Å²) in [5, 5.41) is 4.50. The monoisotopic (exact) mass is 276 g/mol. The number of thioether (sulfide) groups is 1. The topological polar surface area (TPSA) is 33.6 Å². The Kier molecular flexibility index (Phi) is 3.97. The molecule has 0 saturated heterocycles. The van der Waals surface area contributed by atoms with E-state index in [4.69, 9.17) is 9.73 Å². The third kappa shape index (κ3) is 3.06. The first-order chi connectivity index (χ1) is 9.35. The number of amidine groups is 1.